The summed E-state index contributed by atoms with van der Waals surface area (Å²) in [6.45, 7) is 2.50. The number of amides is 1. The number of hydrogen-bond donors (Lipinski definition) is 1. The first-order valence-electron chi connectivity index (χ1n) is 9.27. The average molecular weight is 519 g/mol. The van der Waals surface area contributed by atoms with Gasteiger partial charge in [-0.3, -0.25) is 9.80 Å². The van der Waals surface area contributed by atoms with Gasteiger partial charge in [0.15, 0.2) is 0 Å². The van der Waals surface area contributed by atoms with Crippen molar-refractivity contribution in [2.24, 2.45) is 10.5 Å². The van der Waals surface area contributed by atoms with Gasteiger partial charge in [0.2, 0.25) is 5.91 Å². The van der Waals surface area contributed by atoms with Gasteiger partial charge in [-0.15, -0.1) is 0 Å². The number of carbonyl (C=O) groups is 1. The summed E-state index contributed by atoms with van der Waals surface area (Å²) in [6.07, 6.45) is -4.54. The number of carbonyl (C=O) groups excluding carboxylic acids is 1. The topological polar surface area (TPSA) is 53.9 Å². The van der Waals surface area contributed by atoms with E-state index in [1.54, 1.807) is 17.1 Å². The second kappa shape index (κ2) is 9.18. The third kappa shape index (κ3) is 5.58. The molecule has 0 saturated carbocycles. The van der Waals surface area contributed by atoms with E-state index in [2.05, 4.69) is 26.3 Å². The van der Waals surface area contributed by atoms with Crippen LogP contribution in [0.3, 0.4) is 0 Å². The van der Waals surface area contributed by atoms with Gasteiger partial charge < -0.3 is 10.1 Å². The van der Waals surface area contributed by atoms with Crippen LogP contribution in [0.5, 0.6) is 0 Å². The number of ether oxygens (including phenoxy) is 1. The molecule has 3 rings (SSSR count). The summed E-state index contributed by atoms with van der Waals surface area (Å²) in [5.41, 5.74) is 0.0756. The van der Waals surface area contributed by atoms with Crippen LogP contribution in [-0.4, -0.2) is 43.4 Å². The molecule has 1 aliphatic rings. The number of hydrazone groups is 1. The van der Waals surface area contributed by atoms with Crippen molar-refractivity contribution in [3.05, 3.63) is 63.1 Å². The first kappa shape index (κ1) is 23.6. The standard InChI is InChI=1S/C21H20BrClF3N3O2/c1-20(12-31-2)11-29(10-18(30)27-15-6-4-14(22)5-7-15)28-19(20)13-3-8-16(17(23)9-13)21(24,25)26/h3-9H,10-12H2,1-2H3,(H,27,30). The first-order chi connectivity index (χ1) is 14.5. The summed E-state index contributed by atoms with van der Waals surface area (Å²) in [7, 11) is 1.53. The predicted molar refractivity (Wildman–Crippen MR) is 117 cm³/mol. The fourth-order valence-corrected chi connectivity index (χ4v) is 4.05. The Balaban J connectivity index is 1.82. The molecule has 0 aliphatic carbocycles. The molecule has 10 heteroatoms. The summed E-state index contributed by atoms with van der Waals surface area (Å²) < 4.78 is 45.4. The highest BCUT2D eigenvalue weighted by Gasteiger charge is 2.41. The fraction of sp³-hybridized carbons (Fsp3) is 0.333. The lowest BCUT2D eigenvalue weighted by molar-refractivity contribution is -0.137. The van der Waals surface area contributed by atoms with E-state index < -0.39 is 22.2 Å². The molecule has 166 valence electrons. The highest BCUT2D eigenvalue weighted by atomic mass is 79.9. The molecule has 1 heterocycles. The maximum absolute atomic E-state index is 13.0. The summed E-state index contributed by atoms with van der Waals surface area (Å²) in [4.78, 5) is 12.5. The largest absolute Gasteiger partial charge is 0.417 e. The van der Waals surface area contributed by atoms with E-state index in [9.17, 15) is 18.0 Å². The van der Waals surface area contributed by atoms with Gasteiger partial charge in [0.05, 0.1) is 28.3 Å². The maximum atomic E-state index is 13.0. The van der Waals surface area contributed by atoms with Gasteiger partial charge in [-0.05, 0) is 48.9 Å². The Labute approximate surface area is 191 Å². The lowest BCUT2D eigenvalue weighted by Crippen LogP contribution is -2.37. The van der Waals surface area contributed by atoms with E-state index in [-0.39, 0.29) is 19.1 Å². The number of halogens is 5. The molecule has 31 heavy (non-hydrogen) atoms. The molecule has 0 fully saturated rings. The van der Waals surface area contributed by atoms with E-state index >= 15 is 0 Å². The van der Waals surface area contributed by atoms with Crippen LogP contribution < -0.4 is 5.32 Å². The van der Waals surface area contributed by atoms with Crippen molar-refractivity contribution in [2.75, 3.05) is 32.1 Å². The number of hydrogen-bond acceptors (Lipinski definition) is 4. The number of alkyl halides is 3. The second-order valence-corrected chi connectivity index (χ2v) is 8.84. The summed E-state index contributed by atoms with van der Waals surface area (Å²) in [5, 5.41) is 8.49. The molecular formula is C21H20BrClF3N3O2. The van der Waals surface area contributed by atoms with Crippen LogP contribution in [0, 0.1) is 5.41 Å². The lowest BCUT2D eigenvalue weighted by Gasteiger charge is -2.26. The van der Waals surface area contributed by atoms with Crippen LogP contribution in [0.1, 0.15) is 18.1 Å². The van der Waals surface area contributed by atoms with Crippen molar-refractivity contribution < 1.29 is 22.7 Å². The maximum Gasteiger partial charge on any atom is 0.417 e. The van der Waals surface area contributed by atoms with Crippen molar-refractivity contribution in [1.82, 2.24) is 5.01 Å². The highest BCUT2D eigenvalue weighted by Crippen LogP contribution is 2.37. The highest BCUT2D eigenvalue weighted by molar-refractivity contribution is 9.10. The van der Waals surface area contributed by atoms with Gasteiger partial charge in [0, 0.05) is 23.8 Å². The average Bonchev–Trinajstić information content (AvgIpc) is 2.98. The summed E-state index contributed by atoms with van der Waals surface area (Å²) in [6, 6.07) is 10.7. The van der Waals surface area contributed by atoms with Crippen molar-refractivity contribution in [2.45, 2.75) is 13.1 Å². The smallest absolute Gasteiger partial charge is 0.384 e. The zero-order valence-electron chi connectivity index (χ0n) is 16.8. The fourth-order valence-electron chi connectivity index (χ4n) is 3.50. The molecule has 1 atom stereocenters. The summed E-state index contributed by atoms with van der Waals surface area (Å²) in [5.74, 6) is -0.266. The van der Waals surface area contributed by atoms with Crippen molar-refractivity contribution in [1.29, 1.82) is 0 Å². The number of rotatable bonds is 6. The Morgan fingerprint density at radius 2 is 1.97 bits per heavy atom. The number of methoxy groups -OCH3 is 1. The molecule has 5 nitrogen and oxygen atoms in total. The van der Waals surface area contributed by atoms with E-state index in [0.29, 0.717) is 23.5 Å². The second-order valence-electron chi connectivity index (χ2n) is 7.51. The van der Waals surface area contributed by atoms with E-state index in [1.807, 2.05) is 19.1 Å². The third-order valence-electron chi connectivity index (χ3n) is 4.81. The van der Waals surface area contributed by atoms with Crippen molar-refractivity contribution in [3.63, 3.8) is 0 Å². The molecule has 0 spiro atoms. The van der Waals surface area contributed by atoms with Crippen LogP contribution in [0.4, 0.5) is 18.9 Å². The van der Waals surface area contributed by atoms with Gasteiger partial charge in [0.25, 0.3) is 0 Å². The number of nitrogens with one attached hydrogen (secondary N) is 1. The number of benzene rings is 2. The quantitative estimate of drug-likeness (QED) is 0.555. The van der Waals surface area contributed by atoms with Crippen LogP contribution in [0.25, 0.3) is 0 Å². The molecule has 1 aliphatic heterocycles. The Hall–Kier alpha value is -2.10. The van der Waals surface area contributed by atoms with Crippen LogP contribution >= 0.6 is 27.5 Å². The zero-order valence-corrected chi connectivity index (χ0v) is 19.1. The number of anilines is 1. The van der Waals surface area contributed by atoms with E-state index in [4.69, 9.17) is 16.3 Å². The Bertz CT molecular complexity index is 998. The van der Waals surface area contributed by atoms with Crippen LogP contribution in [-0.2, 0) is 15.7 Å². The van der Waals surface area contributed by atoms with E-state index in [1.165, 1.54) is 19.2 Å². The minimum atomic E-state index is -4.54. The first-order valence-corrected chi connectivity index (χ1v) is 10.4. The predicted octanol–water partition coefficient (Wildman–Crippen LogP) is 5.43. The van der Waals surface area contributed by atoms with Gasteiger partial charge in [-0.2, -0.15) is 18.3 Å². The van der Waals surface area contributed by atoms with E-state index in [0.717, 1.165) is 10.5 Å². The lowest BCUT2D eigenvalue weighted by atomic mass is 9.82. The van der Waals surface area contributed by atoms with Gasteiger partial charge in [0.1, 0.15) is 6.54 Å². The molecule has 1 N–H and O–H groups in total. The summed E-state index contributed by atoms with van der Waals surface area (Å²) >= 11 is 9.23. The van der Waals surface area contributed by atoms with Crippen molar-refractivity contribution in [3.8, 4) is 0 Å². The van der Waals surface area contributed by atoms with Gasteiger partial charge >= 0.3 is 6.18 Å². The minimum Gasteiger partial charge on any atom is -0.384 e. The monoisotopic (exact) mass is 517 g/mol. The molecule has 0 saturated heterocycles. The van der Waals surface area contributed by atoms with Gasteiger partial charge in [-0.25, -0.2) is 0 Å². The molecule has 0 bridgehead atoms. The molecule has 2 aromatic carbocycles. The normalized spacial score (nSPS) is 18.8. The third-order valence-corrected chi connectivity index (χ3v) is 5.65. The molecular weight excluding hydrogens is 499 g/mol. The zero-order chi connectivity index (χ0) is 22.8. The molecule has 1 amide bonds. The molecule has 0 radical (unpaired) electrons. The van der Waals surface area contributed by atoms with Crippen LogP contribution in [0.15, 0.2) is 52.0 Å². The van der Waals surface area contributed by atoms with Crippen molar-refractivity contribution >= 4 is 44.8 Å². The molecule has 2 aromatic rings. The van der Waals surface area contributed by atoms with Gasteiger partial charge in [-0.1, -0.05) is 33.6 Å². The van der Waals surface area contributed by atoms with Crippen LogP contribution in [0.2, 0.25) is 5.02 Å². The molecule has 1 unspecified atom stereocenters. The minimum absolute atomic E-state index is 0.0206. The SMILES string of the molecule is COCC1(C)CN(CC(=O)Nc2ccc(Br)cc2)N=C1c1ccc(C(F)(F)F)c(Cl)c1. The number of nitrogens with zero attached hydrogens (tertiary/aromatic N) is 2. The Morgan fingerprint density at radius 3 is 2.55 bits per heavy atom. The Kier molecular flexibility index (Phi) is 6.98. The Morgan fingerprint density at radius 1 is 1.29 bits per heavy atom. The molecule has 0 aromatic heterocycles.